The predicted molar refractivity (Wildman–Crippen MR) is 84.7 cm³/mol. The number of hydrogen-bond donors (Lipinski definition) is 2. The van der Waals surface area contributed by atoms with Crippen LogP contribution in [-0.2, 0) is 20.0 Å². The minimum atomic E-state index is -3.70. The van der Waals surface area contributed by atoms with Gasteiger partial charge < -0.3 is 0 Å². The number of hydrogen-bond acceptors (Lipinski definition) is 7. The van der Waals surface area contributed by atoms with Crippen LogP contribution in [0.2, 0.25) is 0 Å². The van der Waals surface area contributed by atoms with Crippen molar-refractivity contribution in [2.75, 3.05) is 18.8 Å². The van der Waals surface area contributed by atoms with E-state index in [4.69, 9.17) is 0 Å². The number of benzene rings is 1. The molecule has 0 unspecified atom stereocenters. The third-order valence-electron chi connectivity index (χ3n) is 2.89. The first-order valence-corrected chi connectivity index (χ1v) is 10.4. The molecule has 0 aliphatic heterocycles. The van der Waals surface area contributed by atoms with Crippen molar-refractivity contribution in [3.05, 3.63) is 18.2 Å². The Kier molecular flexibility index (Phi) is 5.45. The van der Waals surface area contributed by atoms with Crippen LogP contribution in [0.5, 0.6) is 0 Å². The molecule has 22 heavy (non-hydrogen) atoms. The molecule has 0 saturated heterocycles. The molecule has 0 radical (unpaired) electrons. The van der Waals surface area contributed by atoms with Gasteiger partial charge in [0.15, 0.2) is 0 Å². The Morgan fingerprint density at radius 1 is 1.09 bits per heavy atom. The predicted octanol–water partition coefficient (Wildman–Crippen LogP) is 0.299. The van der Waals surface area contributed by atoms with Gasteiger partial charge in [-0.15, -0.1) is 0 Å². The summed E-state index contributed by atoms with van der Waals surface area (Å²) in [5.41, 5.74) is 0.871. The van der Waals surface area contributed by atoms with E-state index in [-0.39, 0.29) is 23.7 Å². The minimum Gasteiger partial charge on any atom is -0.215 e. The number of aromatic nitrogens is 2. The molecule has 0 aliphatic carbocycles. The van der Waals surface area contributed by atoms with Crippen molar-refractivity contribution >= 4 is 42.8 Å². The fraction of sp³-hybridized carbons (Fsp3) is 0.455. The smallest absolute Gasteiger partial charge is 0.215 e. The highest BCUT2D eigenvalue weighted by Gasteiger charge is 2.18. The van der Waals surface area contributed by atoms with Gasteiger partial charge in [0.1, 0.15) is 15.9 Å². The quantitative estimate of drug-likeness (QED) is 0.650. The Hall–Kier alpha value is -1.14. The molecular weight excluding hydrogens is 348 g/mol. The molecule has 11 heteroatoms. The van der Waals surface area contributed by atoms with Crippen LogP contribution in [0.25, 0.3) is 11.0 Å². The van der Waals surface area contributed by atoms with Crippen molar-refractivity contribution in [1.29, 1.82) is 0 Å². The summed E-state index contributed by atoms with van der Waals surface area (Å²) in [6.45, 7) is 1.84. The molecule has 0 aliphatic rings. The van der Waals surface area contributed by atoms with Gasteiger partial charge in [-0.25, -0.2) is 26.3 Å². The van der Waals surface area contributed by atoms with Gasteiger partial charge in [-0.3, -0.25) is 0 Å². The molecular formula is C11H16N4O4S3. The van der Waals surface area contributed by atoms with Gasteiger partial charge in [0.05, 0.1) is 17.5 Å². The summed E-state index contributed by atoms with van der Waals surface area (Å²) in [5, 5.41) is 0. The van der Waals surface area contributed by atoms with Crippen LogP contribution < -0.4 is 9.44 Å². The molecule has 0 amide bonds. The van der Waals surface area contributed by atoms with E-state index < -0.39 is 20.0 Å². The highest BCUT2D eigenvalue weighted by atomic mass is 32.2. The Bertz CT molecular complexity index is 845. The number of nitrogens with one attached hydrogen (secondary N) is 2. The van der Waals surface area contributed by atoms with Crippen molar-refractivity contribution in [3.8, 4) is 0 Å². The monoisotopic (exact) mass is 364 g/mol. The molecule has 0 saturated carbocycles. The Balaban J connectivity index is 1.96. The molecule has 0 fully saturated rings. The van der Waals surface area contributed by atoms with Gasteiger partial charge in [-0.05, 0) is 25.5 Å². The van der Waals surface area contributed by atoms with E-state index in [0.29, 0.717) is 17.5 Å². The van der Waals surface area contributed by atoms with Crippen LogP contribution in [0.1, 0.15) is 13.3 Å². The normalized spacial score (nSPS) is 12.8. The standard InChI is InChI=1S/C11H16N4O4S3/c1-2-21(16,17)12-7-4-8-13-22(18,19)10-6-3-5-9-11(10)15-20-14-9/h3,5-6,12-13H,2,4,7-8H2,1H3. The summed E-state index contributed by atoms with van der Waals surface area (Å²) in [5.74, 6) is -0.00243. The zero-order chi connectivity index (χ0) is 16.2. The van der Waals surface area contributed by atoms with Crippen molar-refractivity contribution in [1.82, 2.24) is 18.2 Å². The summed E-state index contributed by atoms with van der Waals surface area (Å²) in [4.78, 5) is 0.0767. The van der Waals surface area contributed by atoms with Crippen LogP contribution in [0.4, 0.5) is 0 Å². The molecule has 2 aromatic rings. The Labute approximate surface area is 133 Å². The van der Waals surface area contributed by atoms with Gasteiger partial charge in [-0.2, -0.15) is 8.75 Å². The van der Waals surface area contributed by atoms with Crippen LogP contribution >= 0.6 is 11.7 Å². The lowest BCUT2D eigenvalue weighted by Gasteiger charge is -2.07. The number of fused-ring (bicyclic) bond motifs is 1. The second kappa shape index (κ2) is 6.96. The van der Waals surface area contributed by atoms with Gasteiger partial charge in [0, 0.05) is 13.1 Å². The van der Waals surface area contributed by atoms with Crippen molar-refractivity contribution < 1.29 is 16.8 Å². The zero-order valence-corrected chi connectivity index (χ0v) is 14.3. The van der Waals surface area contributed by atoms with E-state index in [2.05, 4.69) is 18.2 Å². The first kappa shape index (κ1) is 17.2. The maximum atomic E-state index is 12.2. The number of sulfonamides is 2. The van der Waals surface area contributed by atoms with E-state index in [1.54, 1.807) is 12.1 Å². The molecule has 1 aromatic carbocycles. The number of nitrogens with zero attached hydrogens (tertiary/aromatic N) is 2. The highest BCUT2D eigenvalue weighted by Crippen LogP contribution is 2.20. The van der Waals surface area contributed by atoms with E-state index in [1.165, 1.54) is 13.0 Å². The summed E-state index contributed by atoms with van der Waals surface area (Å²) >= 11 is 0.951. The lowest BCUT2D eigenvalue weighted by atomic mass is 10.3. The van der Waals surface area contributed by atoms with Gasteiger partial charge in [0.25, 0.3) is 0 Å². The third kappa shape index (κ3) is 4.20. The largest absolute Gasteiger partial charge is 0.242 e. The minimum absolute atomic E-state index is 0.00243. The molecule has 1 heterocycles. The number of rotatable bonds is 8. The van der Waals surface area contributed by atoms with Gasteiger partial charge in [-0.1, -0.05) is 6.07 Å². The fourth-order valence-corrected chi connectivity index (χ4v) is 4.20. The van der Waals surface area contributed by atoms with Gasteiger partial charge >= 0.3 is 0 Å². The molecule has 0 bridgehead atoms. The van der Waals surface area contributed by atoms with Crippen LogP contribution in [0, 0.1) is 0 Å². The summed E-state index contributed by atoms with van der Waals surface area (Å²) in [6, 6.07) is 4.76. The van der Waals surface area contributed by atoms with E-state index in [1.807, 2.05) is 0 Å². The topological polar surface area (TPSA) is 118 Å². The van der Waals surface area contributed by atoms with Crippen molar-refractivity contribution in [2.45, 2.75) is 18.2 Å². The summed E-state index contributed by atoms with van der Waals surface area (Å²) < 4.78 is 59.8. The molecule has 122 valence electrons. The summed E-state index contributed by atoms with van der Waals surface area (Å²) in [6.07, 6.45) is 0.351. The van der Waals surface area contributed by atoms with Gasteiger partial charge in [0.2, 0.25) is 20.0 Å². The maximum absolute atomic E-state index is 12.2. The lowest BCUT2D eigenvalue weighted by molar-refractivity contribution is 0.573. The average Bonchev–Trinajstić information content (AvgIpc) is 2.94. The highest BCUT2D eigenvalue weighted by molar-refractivity contribution is 7.89. The van der Waals surface area contributed by atoms with E-state index in [0.717, 1.165) is 11.7 Å². The van der Waals surface area contributed by atoms with Crippen LogP contribution in [0.15, 0.2) is 23.1 Å². The lowest BCUT2D eigenvalue weighted by Crippen LogP contribution is -2.30. The first-order chi connectivity index (χ1) is 10.4. The first-order valence-electron chi connectivity index (χ1n) is 6.54. The van der Waals surface area contributed by atoms with E-state index >= 15 is 0 Å². The second-order valence-electron chi connectivity index (χ2n) is 4.44. The SMILES string of the molecule is CCS(=O)(=O)NCCCNS(=O)(=O)c1cccc2nsnc12. The molecule has 8 nitrogen and oxygen atoms in total. The zero-order valence-electron chi connectivity index (χ0n) is 11.8. The molecule has 2 rings (SSSR count). The molecule has 2 N–H and O–H groups in total. The Morgan fingerprint density at radius 3 is 2.55 bits per heavy atom. The summed E-state index contributed by atoms with van der Waals surface area (Å²) in [7, 11) is -6.95. The molecule has 0 atom stereocenters. The fourth-order valence-electron chi connectivity index (χ4n) is 1.70. The third-order valence-corrected chi connectivity index (χ3v) is 6.33. The van der Waals surface area contributed by atoms with E-state index in [9.17, 15) is 16.8 Å². The Morgan fingerprint density at radius 2 is 1.82 bits per heavy atom. The maximum Gasteiger partial charge on any atom is 0.242 e. The van der Waals surface area contributed by atoms with Crippen LogP contribution in [-0.4, -0.2) is 44.4 Å². The second-order valence-corrected chi connectivity index (χ2v) is 8.80. The van der Waals surface area contributed by atoms with Crippen molar-refractivity contribution in [2.24, 2.45) is 0 Å². The average molecular weight is 364 g/mol. The molecule has 0 spiro atoms. The molecule has 1 aromatic heterocycles. The van der Waals surface area contributed by atoms with Crippen LogP contribution in [0.3, 0.4) is 0 Å². The van der Waals surface area contributed by atoms with Crippen molar-refractivity contribution in [3.63, 3.8) is 0 Å².